The Hall–Kier alpha value is -1.31. The maximum atomic E-state index is 6.17. The van der Waals surface area contributed by atoms with E-state index in [1.54, 1.807) is 4.68 Å². The quantitative estimate of drug-likeness (QED) is 0.737. The highest BCUT2D eigenvalue weighted by molar-refractivity contribution is 5.10. The van der Waals surface area contributed by atoms with Gasteiger partial charge in [0, 0.05) is 37.9 Å². The molecule has 1 fully saturated rings. The van der Waals surface area contributed by atoms with Gasteiger partial charge in [-0.25, -0.2) is 0 Å². The van der Waals surface area contributed by atoms with E-state index in [4.69, 9.17) is 12.2 Å². The van der Waals surface area contributed by atoms with Crippen LogP contribution in [0.2, 0.25) is 0 Å². The van der Waals surface area contributed by atoms with E-state index in [1.165, 1.54) is 12.8 Å². The van der Waals surface area contributed by atoms with Gasteiger partial charge >= 0.3 is 0 Å². The first-order chi connectivity index (χ1) is 8.19. The maximum Gasteiger partial charge on any atom is 0.0599 e. The molecule has 1 aromatic rings. The van der Waals surface area contributed by atoms with Crippen LogP contribution in [0.15, 0.2) is 12.4 Å². The first kappa shape index (κ1) is 12.2. The van der Waals surface area contributed by atoms with Gasteiger partial charge in [-0.15, -0.1) is 6.42 Å². The number of aromatic nitrogens is 2. The second-order valence-corrected chi connectivity index (χ2v) is 4.90. The summed E-state index contributed by atoms with van der Waals surface area (Å²) >= 11 is 0. The summed E-state index contributed by atoms with van der Waals surface area (Å²) in [5, 5.41) is 4.14. The van der Waals surface area contributed by atoms with E-state index in [0.717, 1.165) is 24.6 Å². The van der Waals surface area contributed by atoms with Crippen LogP contribution >= 0.6 is 0 Å². The summed E-state index contributed by atoms with van der Waals surface area (Å²) in [6.45, 7) is 2.58. The van der Waals surface area contributed by atoms with Crippen LogP contribution in [0.5, 0.6) is 0 Å². The minimum Gasteiger partial charge on any atom is -0.323 e. The predicted octanol–water partition coefficient (Wildman–Crippen LogP) is 0.765. The van der Waals surface area contributed by atoms with E-state index in [1.807, 2.05) is 19.4 Å². The Labute approximate surface area is 103 Å². The summed E-state index contributed by atoms with van der Waals surface area (Å²) in [4.78, 5) is 2.27. The molecule has 1 aromatic heterocycles. The molecule has 1 aliphatic carbocycles. The van der Waals surface area contributed by atoms with Crippen LogP contribution in [0.4, 0.5) is 0 Å². The average molecular weight is 232 g/mol. The van der Waals surface area contributed by atoms with E-state index < -0.39 is 0 Å². The van der Waals surface area contributed by atoms with Crippen molar-refractivity contribution >= 4 is 0 Å². The fraction of sp³-hybridized carbons (Fsp3) is 0.615. The molecule has 4 nitrogen and oxygen atoms in total. The summed E-state index contributed by atoms with van der Waals surface area (Å²) in [7, 11) is 1.90. The highest BCUT2D eigenvalue weighted by Crippen LogP contribution is 2.30. The van der Waals surface area contributed by atoms with Gasteiger partial charge in [0.1, 0.15) is 0 Å². The molecule has 92 valence electrons. The van der Waals surface area contributed by atoms with E-state index in [-0.39, 0.29) is 6.04 Å². The molecule has 0 radical (unpaired) electrons. The molecule has 1 unspecified atom stereocenters. The van der Waals surface area contributed by atoms with Crippen LogP contribution in [-0.4, -0.2) is 34.3 Å². The van der Waals surface area contributed by atoms with Crippen molar-refractivity contribution < 1.29 is 0 Å². The van der Waals surface area contributed by atoms with Gasteiger partial charge in [-0.2, -0.15) is 5.10 Å². The van der Waals surface area contributed by atoms with Gasteiger partial charge in [-0.1, -0.05) is 5.92 Å². The summed E-state index contributed by atoms with van der Waals surface area (Å²) < 4.78 is 1.78. The van der Waals surface area contributed by atoms with Gasteiger partial charge in [-0.3, -0.25) is 9.58 Å². The molecule has 1 aliphatic rings. The van der Waals surface area contributed by atoms with Gasteiger partial charge < -0.3 is 5.73 Å². The molecule has 2 N–H and O–H groups in total. The van der Waals surface area contributed by atoms with E-state index in [9.17, 15) is 0 Å². The van der Waals surface area contributed by atoms with Gasteiger partial charge in [0.05, 0.1) is 12.7 Å². The largest absolute Gasteiger partial charge is 0.323 e. The smallest absolute Gasteiger partial charge is 0.0599 e. The van der Waals surface area contributed by atoms with Crippen LogP contribution in [0, 0.1) is 18.3 Å². The normalized spacial score (nSPS) is 17.1. The van der Waals surface area contributed by atoms with Crippen molar-refractivity contribution in [3.8, 4) is 12.3 Å². The summed E-state index contributed by atoms with van der Waals surface area (Å²) in [5.74, 6) is 3.55. The molecule has 0 aromatic carbocycles. The van der Waals surface area contributed by atoms with Gasteiger partial charge in [0.2, 0.25) is 0 Å². The molecule has 1 heterocycles. The Morgan fingerprint density at radius 1 is 1.71 bits per heavy atom. The zero-order chi connectivity index (χ0) is 12.3. The molecule has 4 heteroatoms. The van der Waals surface area contributed by atoms with E-state index in [2.05, 4.69) is 15.9 Å². The van der Waals surface area contributed by atoms with E-state index >= 15 is 0 Å². The number of aryl methyl sites for hydroxylation is 1. The van der Waals surface area contributed by atoms with Crippen molar-refractivity contribution in [2.45, 2.75) is 18.9 Å². The highest BCUT2D eigenvalue weighted by atomic mass is 15.2. The molecular weight excluding hydrogens is 212 g/mol. The molecule has 1 atom stereocenters. The lowest BCUT2D eigenvalue weighted by Crippen LogP contribution is -2.34. The van der Waals surface area contributed by atoms with Crippen LogP contribution in [-0.2, 0) is 7.05 Å². The second kappa shape index (κ2) is 5.35. The molecular formula is C13H20N4. The lowest BCUT2D eigenvalue weighted by Gasteiger charge is -2.22. The second-order valence-electron chi connectivity index (χ2n) is 4.90. The fourth-order valence-corrected chi connectivity index (χ4v) is 2.01. The van der Waals surface area contributed by atoms with Crippen molar-refractivity contribution in [2.24, 2.45) is 18.7 Å². The molecule has 0 amide bonds. The van der Waals surface area contributed by atoms with Gasteiger partial charge in [0.15, 0.2) is 0 Å². The molecule has 0 saturated heterocycles. The first-order valence-electron chi connectivity index (χ1n) is 6.09. The third kappa shape index (κ3) is 3.58. The number of hydrogen-bond donors (Lipinski definition) is 1. The monoisotopic (exact) mass is 232 g/mol. The predicted molar refractivity (Wildman–Crippen MR) is 68.1 cm³/mol. The average Bonchev–Trinajstić information content (AvgIpc) is 2.98. The zero-order valence-corrected chi connectivity index (χ0v) is 10.3. The molecule has 0 bridgehead atoms. The molecule has 0 aliphatic heterocycles. The van der Waals surface area contributed by atoms with Gasteiger partial charge in [-0.05, 0) is 18.8 Å². The summed E-state index contributed by atoms with van der Waals surface area (Å²) in [6, 6.07) is -0.00389. The third-order valence-electron chi connectivity index (χ3n) is 3.14. The number of nitrogens with zero attached hydrogens (tertiary/aromatic N) is 3. The van der Waals surface area contributed by atoms with Crippen molar-refractivity contribution in [3.05, 3.63) is 18.0 Å². The van der Waals surface area contributed by atoms with Crippen LogP contribution in [0.25, 0.3) is 0 Å². The Bertz CT molecular complexity index is 400. The number of nitrogens with two attached hydrogens (primary N) is 1. The minimum atomic E-state index is -0.00389. The molecule has 2 rings (SSSR count). The number of terminal acetylenes is 1. The standard InChI is InChI=1S/C13H20N4/c1-3-6-17(8-11-4-5-11)10-13(14)12-7-15-16(2)9-12/h1,7,9,11,13H,4-6,8,10,14H2,2H3. The zero-order valence-electron chi connectivity index (χ0n) is 10.3. The lowest BCUT2D eigenvalue weighted by atomic mass is 10.1. The first-order valence-corrected chi connectivity index (χ1v) is 6.09. The summed E-state index contributed by atoms with van der Waals surface area (Å²) in [5.41, 5.74) is 7.25. The van der Waals surface area contributed by atoms with Crippen molar-refractivity contribution in [3.63, 3.8) is 0 Å². The molecule has 0 spiro atoms. The van der Waals surface area contributed by atoms with Gasteiger partial charge in [0.25, 0.3) is 0 Å². The van der Waals surface area contributed by atoms with Crippen LogP contribution in [0.3, 0.4) is 0 Å². The maximum absolute atomic E-state index is 6.17. The lowest BCUT2D eigenvalue weighted by molar-refractivity contribution is 0.276. The van der Waals surface area contributed by atoms with Crippen molar-refractivity contribution in [2.75, 3.05) is 19.6 Å². The fourth-order valence-electron chi connectivity index (χ4n) is 2.01. The highest BCUT2D eigenvalue weighted by Gasteiger charge is 2.25. The SMILES string of the molecule is C#CCN(CC1CC1)CC(N)c1cnn(C)c1. The summed E-state index contributed by atoms with van der Waals surface area (Å²) in [6.07, 6.45) is 11.9. The Kier molecular flexibility index (Phi) is 3.82. The van der Waals surface area contributed by atoms with E-state index in [0.29, 0.717) is 6.54 Å². The van der Waals surface area contributed by atoms with Crippen molar-refractivity contribution in [1.29, 1.82) is 0 Å². The minimum absolute atomic E-state index is 0.00389. The Balaban J connectivity index is 1.89. The van der Waals surface area contributed by atoms with Crippen LogP contribution in [0.1, 0.15) is 24.4 Å². The Morgan fingerprint density at radius 3 is 3.00 bits per heavy atom. The third-order valence-corrected chi connectivity index (χ3v) is 3.14. The molecule has 17 heavy (non-hydrogen) atoms. The topological polar surface area (TPSA) is 47.1 Å². The number of hydrogen-bond acceptors (Lipinski definition) is 3. The molecule has 1 saturated carbocycles. The van der Waals surface area contributed by atoms with Crippen molar-refractivity contribution in [1.82, 2.24) is 14.7 Å². The number of rotatable bonds is 6. The Morgan fingerprint density at radius 2 is 2.47 bits per heavy atom. The van der Waals surface area contributed by atoms with Crippen LogP contribution < -0.4 is 5.73 Å².